The zero-order valence-electron chi connectivity index (χ0n) is 10.8. The Morgan fingerprint density at radius 2 is 2.00 bits per heavy atom. The SMILES string of the molecule is CCC(C=O)(CC)CN1CCc2ccccc21. The third-order valence-corrected chi connectivity index (χ3v) is 4.15. The minimum Gasteiger partial charge on any atom is -0.370 e. The lowest BCUT2D eigenvalue weighted by atomic mass is 9.83. The van der Waals surface area contributed by atoms with Gasteiger partial charge in [-0.1, -0.05) is 32.0 Å². The van der Waals surface area contributed by atoms with Crippen LogP contribution in [0.3, 0.4) is 0 Å². The summed E-state index contributed by atoms with van der Waals surface area (Å²) in [7, 11) is 0. The van der Waals surface area contributed by atoms with Gasteiger partial charge in [0.1, 0.15) is 6.29 Å². The van der Waals surface area contributed by atoms with Gasteiger partial charge in [0, 0.05) is 24.2 Å². The molecular weight excluding hydrogens is 210 g/mol. The first-order valence-corrected chi connectivity index (χ1v) is 6.54. The van der Waals surface area contributed by atoms with Crippen LogP contribution in [0.15, 0.2) is 24.3 Å². The van der Waals surface area contributed by atoms with Crippen molar-refractivity contribution < 1.29 is 4.79 Å². The summed E-state index contributed by atoms with van der Waals surface area (Å²) >= 11 is 0. The molecule has 0 unspecified atom stereocenters. The predicted octanol–water partition coefficient (Wildman–Crippen LogP) is 3.05. The Morgan fingerprint density at radius 3 is 2.65 bits per heavy atom. The molecule has 1 aliphatic rings. The van der Waals surface area contributed by atoms with E-state index in [9.17, 15) is 4.79 Å². The zero-order valence-corrected chi connectivity index (χ0v) is 10.8. The number of anilines is 1. The van der Waals surface area contributed by atoms with E-state index in [0.29, 0.717) is 0 Å². The number of nitrogens with zero attached hydrogens (tertiary/aromatic N) is 1. The number of carbonyl (C=O) groups is 1. The largest absolute Gasteiger partial charge is 0.370 e. The fourth-order valence-electron chi connectivity index (χ4n) is 2.63. The number of carbonyl (C=O) groups excluding carboxylic acids is 1. The molecule has 0 aliphatic carbocycles. The Kier molecular flexibility index (Phi) is 3.51. The van der Waals surface area contributed by atoms with Gasteiger partial charge in [-0.25, -0.2) is 0 Å². The van der Waals surface area contributed by atoms with Crippen molar-refractivity contribution in [2.24, 2.45) is 5.41 Å². The molecule has 0 saturated carbocycles. The van der Waals surface area contributed by atoms with Gasteiger partial charge in [0.25, 0.3) is 0 Å². The summed E-state index contributed by atoms with van der Waals surface area (Å²) in [4.78, 5) is 13.7. The van der Waals surface area contributed by atoms with Crippen LogP contribution < -0.4 is 4.90 Å². The number of para-hydroxylation sites is 1. The lowest BCUT2D eigenvalue weighted by Gasteiger charge is -2.32. The summed E-state index contributed by atoms with van der Waals surface area (Å²) in [5.74, 6) is 0. The molecule has 0 saturated heterocycles. The second-order valence-electron chi connectivity index (χ2n) is 4.99. The summed E-state index contributed by atoms with van der Waals surface area (Å²) in [5, 5.41) is 0. The van der Waals surface area contributed by atoms with Gasteiger partial charge in [0.15, 0.2) is 0 Å². The second kappa shape index (κ2) is 4.91. The molecule has 1 aromatic rings. The van der Waals surface area contributed by atoms with Crippen molar-refractivity contribution >= 4 is 12.0 Å². The van der Waals surface area contributed by atoms with Crippen LogP contribution in [-0.2, 0) is 11.2 Å². The van der Waals surface area contributed by atoms with Gasteiger partial charge in [-0.2, -0.15) is 0 Å². The fraction of sp³-hybridized carbons (Fsp3) is 0.533. The molecule has 2 heteroatoms. The molecule has 0 N–H and O–H groups in total. The first-order valence-electron chi connectivity index (χ1n) is 6.54. The molecule has 17 heavy (non-hydrogen) atoms. The lowest BCUT2D eigenvalue weighted by molar-refractivity contribution is -0.116. The quantitative estimate of drug-likeness (QED) is 0.726. The number of hydrogen-bond donors (Lipinski definition) is 0. The normalized spacial score (nSPS) is 14.8. The van der Waals surface area contributed by atoms with Crippen molar-refractivity contribution in [3.8, 4) is 0 Å². The Morgan fingerprint density at radius 1 is 1.29 bits per heavy atom. The maximum atomic E-state index is 11.4. The van der Waals surface area contributed by atoms with Crippen LogP contribution in [0.5, 0.6) is 0 Å². The van der Waals surface area contributed by atoms with Crippen molar-refractivity contribution in [3.05, 3.63) is 29.8 Å². The first-order chi connectivity index (χ1) is 8.24. The molecule has 1 aliphatic heterocycles. The predicted molar refractivity (Wildman–Crippen MR) is 71.4 cm³/mol. The molecule has 0 aromatic heterocycles. The molecule has 2 nitrogen and oxygen atoms in total. The van der Waals surface area contributed by atoms with E-state index in [1.54, 1.807) is 0 Å². The molecule has 0 atom stereocenters. The van der Waals surface area contributed by atoms with Gasteiger partial charge in [0.2, 0.25) is 0 Å². The van der Waals surface area contributed by atoms with E-state index in [-0.39, 0.29) is 5.41 Å². The van der Waals surface area contributed by atoms with E-state index in [1.165, 1.54) is 11.3 Å². The van der Waals surface area contributed by atoms with Gasteiger partial charge < -0.3 is 9.69 Å². The number of rotatable bonds is 5. The lowest BCUT2D eigenvalue weighted by Crippen LogP contribution is -2.37. The molecule has 0 radical (unpaired) electrons. The molecule has 0 spiro atoms. The number of hydrogen-bond acceptors (Lipinski definition) is 2. The van der Waals surface area contributed by atoms with Gasteiger partial charge in [-0.05, 0) is 30.9 Å². The Bertz CT molecular complexity index is 396. The van der Waals surface area contributed by atoms with Crippen molar-refractivity contribution in [1.29, 1.82) is 0 Å². The van der Waals surface area contributed by atoms with Crippen LogP contribution in [-0.4, -0.2) is 19.4 Å². The van der Waals surface area contributed by atoms with Crippen molar-refractivity contribution in [1.82, 2.24) is 0 Å². The Balaban J connectivity index is 2.18. The second-order valence-corrected chi connectivity index (χ2v) is 4.99. The van der Waals surface area contributed by atoms with Crippen LogP contribution in [0.25, 0.3) is 0 Å². The van der Waals surface area contributed by atoms with Gasteiger partial charge in [0.05, 0.1) is 0 Å². The van der Waals surface area contributed by atoms with Crippen molar-refractivity contribution in [2.75, 3.05) is 18.0 Å². The first kappa shape index (κ1) is 12.2. The monoisotopic (exact) mass is 231 g/mol. The van der Waals surface area contributed by atoms with Crippen molar-refractivity contribution in [3.63, 3.8) is 0 Å². The summed E-state index contributed by atoms with van der Waals surface area (Å²) in [6.07, 6.45) is 4.11. The average molecular weight is 231 g/mol. The molecule has 92 valence electrons. The third-order valence-electron chi connectivity index (χ3n) is 4.15. The summed E-state index contributed by atoms with van der Waals surface area (Å²) < 4.78 is 0. The minimum absolute atomic E-state index is 0.169. The molecule has 2 rings (SSSR count). The molecule has 0 bridgehead atoms. The number of benzene rings is 1. The molecule has 0 fully saturated rings. The summed E-state index contributed by atoms with van der Waals surface area (Å²) in [6, 6.07) is 8.53. The minimum atomic E-state index is -0.169. The number of aldehydes is 1. The van der Waals surface area contributed by atoms with Gasteiger partial charge in [-0.3, -0.25) is 0 Å². The maximum absolute atomic E-state index is 11.4. The highest BCUT2D eigenvalue weighted by atomic mass is 16.1. The van der Waals surface area contributed by atoms with Gasteiger partial charge >= 0.3 is 0 Å². The van der Waals surface area contributed by atoms with E-state index >= 15 is 0 Å². The zero-order chi connectivity index (χ0) is 12.3. The van der Waals surface area contributed by atoms with Gasteiger partial charge in [-0.15, -0.1) is 0 Å². The molecule has 1 heterocycles. The molecular formula is C15H21NO. The van der Waals surface area contributed by atoms with Crippen LogP contribution >= 0.6 is 0 Å². The van der Waals surface area contributed by atoms with Crippen LogP contribution in [0.4, 0.5) is 5.69 Å². The highest BCUT2D eigenvalue weighted by molar-refractivity contribution is 5.64. The standard InChI is InChI=1S/C15H21NO/c1-3-15(4-2,12-17)11-16-10-9-13-7-5-6-8-14(13)16/h5-8,12H,3-4,9-11H2,1-2H3. The fourth-order valence-corrected chi connectivity index (χ4v) is 2.63. The molecule has 0 amide bonds. The summed E-state index contributed by atoms with van der Waals surface area (Å²) in [5.41, 5.74) is 2.57. The van der Waals surface area contributed by atoms with Crippen molar-refractivity contribution in [2.45, 2.75) is 33.1 Å². The van der Waals surface area contributed by atoms with E-state index in [0.717, 1.165) is 38.6 Å². The van der Waals surface area contributed by atoms with Crippen LogP contribution in [0.1, 0.15) is 32.3 Å². The van der Waals surface area contributed by atoms with Crippen LogP contribution in [0, 0.1) is 5.41 Å². The Labute approximate surface area is 104 Å². The van der Waals surface area contributed by atoms with Crippen LogP contribution in [0.2, 0.25) is 0 Å². The summed E-state index contributed by atoms with van der Waals surface area (Å²) in [6.45, 7) is 6.13. The molecule has 1 aromatic carbocycles. The van der Waals surface area contributed by atoms with E-state index in [2.05, 4.69) is 43.0 Å². The Hall–Kier alpha value is -1.31. The average Bonchev–Trinajstić information content (AvgIpc) is 2.79. The maximum Gasteiger partial charge on any atom is 0.127 e. The highest BCUT2D eigenvalue weighted by Crippen LogP contribution is 2.33. The third kappa shape index (κ3) is 2.21. The number of fused-ring (bicyclic) bond motifs is 1. The van der Waals surface area contributed by atoms with E-state index in [1.807, 2.05) is 0 Å². The van der Waals surface area contributed by atoms with E-state index in [4.69, 9.17) is 0 Å². The topological polar surface area (TPSA) is 20.3 Å². The highest BCUT2D eigenvalue weighted by Gasteiger charge is 2.30. The smallest absolute Gasteiger partial charge is 0.127 e. The van der Waals surface area contributed by atoms with E-state index < -0.39 is 0 Å².